The van der Waals surface area contributed by atoms with Gasteiger partial charge in [0.05, 0.1) is 13.2 Å². The van der Waals surface area contributed by atoms with Gasteiger partial charge in [-0.3, -0.25) is 4.90 Å². The van der Waals surface area contributed by atoms with Gasteiger partial charge in [0, 0.05) is 25.7 Å². The van der Waals surface area contributed by atoms with Crippen LogP contribution in [0.15, 0.2) is 16.8 Å². The molecule has 2 fully saturated rings. The van der Waals surface area contributed by atoms with Crippen LogP contribution in [0.25, 0.3) is 0 Å². The van der Waals surface area contributed by atoms with E-state index in [2.05, 4.69) is 28.7 Å². The molecular weight excluding hydrogens is 282 g/mol. The van der Waals surface area contributed by atoms with Crippen molar-refractivity contribution >= 4 is 11.3 Å². The second kappa shape index (κ2) is 7.23. The number of ether oxygens (including phenoxy) is 2. The highest BCUT2D eigenvalue weighted by Crippen LogP contribution is 2.45. The number of nitrogens with zero attached hydrogens (tertiary/aromatic N) is 1. The van der Waals surface area contributed by atoms with E-state index in [1.165, 1.54) is 37.9 Å². The van der Waals surface area contributed by atoms with Crippen molar-refractivity contribution < 1.29 is 9.47 Å². The quantitative estimate of drug-likeness (QED) is 0.832. The van der Waals surface area contributed by atoms with Crippen molar-refractivity contribution in [3.63, 3.8) is 0 Å². The lowest BCUT2D eigenvalue weighted by Crippen LogP contribution is -2.49. The fourth-order valence-electron chi connectivity index (χ4n) is 3.82. The molecule has 0 bridgehead atoms. The van der Waals surface area contributed by atoms with E-state index >= 15 is 0 Å². The van der Waals surface area contributed by atoms with E-state index in [9.17, 15) is 0 Å². The maximum atomic E-state index is 5.73. The molecular formula is C17H27NO2S. The Morgan fingerprint density at radius 3 is 2.95 bits per heavy atom. The van der Waals surface area contributed by atoms with Gasteiger partial charge in [-0.25, -0.2) is 0 Å². The summed E-state index contributed by atoms with van der Waals surface area (Å²) in [6.07, 6.45) is 3.83. The first-order valence-corrected chi connectivity index (χ1v) is 9.15. The first kappa shape index (κ1) is 15.5. The average Bonchev–Trinajstić information content (AvgIpc) is 3.02. The molecule has 2 aliphatic heterocycles. The van der Waals surface area contributed by atoms with Gasteiger partial charge in [0.1, 0.15) is 0 Å². The molecule has 1 aromatic heterocycles. The number of thiophene rings is 1. The molecule has 2 aliphatic rings. The molecule has 0 aromatic carbocycles. The zero-order valence-electron chi connectivity index (χ0n) is 13.1. The molecule has 0 N–H and O–H groups in total. The third-order valence-corrected chi connectivity index (χ3v) is 6.02. The first-order chi connectivity index (χ1) is 10.3. The van der Waals surface area contributed by atoms with Crippen LogP contribution in [-0.2, 0) is 16.0 Å². The predicted molar refractivity (Wildman–Crippen MR) is 86.7 cm³/mol. The van der Waals surface area contributed by atoms with E-state index < -0.39 is 0 Å². The smallest absolute Gasteiger partial charge is 0.0521 e. The number of hydrogen-bond donors (Lipinski definition) is 0. The number of rotatable bonds is 5. The summed E-state index contributed by atoms with van der Waals surface area (Å²) in [5.41, 5.74) is 1.94. The molecule has 3 nitrogen and oxygen atoms in total. The van der Waals surface area contributed by atoms with Crippen molar-refractivity contribution in [2.45, 2.75) is 32.7 Å². The van der Waals surface area contributed by atoms with Crippen molar-refractivity contribution in [1.29, 1.82) is 0 Å². The SMILES string of the molecule is CCOCC1COCCC12CCN(Cc1ccsc1)CC2. The molecule has 0 saturated carbocycles. The number of piperidine rings is 1. The van der Waals surface area contributed by atoms with Crippen molar-refractivity contribution in [3.8, 4) is 0 Å². The Morgan fingerprint density at radius 1 is 1.38 bits per heavy atom. The molecule has 1 aromatic rings. The average molecular weight is 309 g/mol. The summed E-state index contributed by atoms with van der Waals surface area (Å²) in [6.45, 7) is 9.17. The van der Waals surface area contributed by atoms with Crippen LogP contribution < -0.4 is 0 Å². The molecule has 1 unspecified atom stereocenters. The molecule has 1 atom stereocenters. The maximum absolute atomic E-state index is 5.73. The highest BCUT2D eigenvalue weighted by atomic mass is 32.1. The van der Waals surface area contributed by atoms with Crippen molar-refractivity contribution in [2.24, 2.45) is 11.3 Å². The van der Waals surface area contributed by atoms with Crippen molar-refractivity contribution in [1.82, 2.24) is 4.90 Å². The van der Waals surface area contributed by atoms with Crippen LogP contribution >= 0.6 is 11.3 Å². The summed E-state index contributed by atoms with van der Waals surface area (Å²) in [4.78, 5) is 2.61. The largest absolute Gasteiger partial charge is 0.381 e. The lowest BCUT2D eigenvalue weighted by molar-refractivity contribution is -0.0993. The Kier molecular flexibility index (Phi) is 5.33. The highest BCUT2D eigenvalue weighted by Gasteiger charge is 2.43. The summed E-state index contributed by atoms with van der Waals surface area (Å²) in [7, 11) is 0. The fourth-order valence-corrected chi connectivity index (χ4v) is 4.48. The lowest BCUT2D eigenvalue weighted by Gasteiger charge is -2.49. The van der Waals surface area contributed by atoms with Crippen LogP contribution in [0, 0.1) is 11.3 Å². The predicted octanol–water partition coefficient (Wildman–Crippen LogP) is 3.40. The normalized spacial score (nSPS) is 26.2. The monoisotopic (exact) mass is 309 g/mol. The van der Waals surface area contributed by atoms with Gasteiger partial charge in [0.25, 0.3) is 0 Å². The minimum Gasteiger partial charge on any atom is -0.381 e. The Bertz CT molecular complexity index is 412. The Labute approximate surface area is 132 Å². The molecule has 3 heterocycles. The number of hydrogen-bond acceptors (Lipinski definition) is 4. The van der Waals surface area contributed by atoms with Gasteiger partial charge in [-0.15, -0.1) is 0 Å². The topological polar surface area (TPSA) is 21.7 Å². The maximum Gasteiger partial charge on any atom is 0.0521 e. The summed E-state index contributed by atoms with van der Waals surface area (Å²) in [5.74, 6) is 0.592. The fraction of sp³-hybridized carbons (Fsp3) is 0.765. The molecule has 3 rings (SSSR count). The standard InChI is InChI=1S/C17H27NO2S/c1-2-19-12-16-13-20-9-6-17(16)4-7-18(8-5-17)11-15-3-10-21-14-15/h3,10,14,16H,2,4-9,11-13H2,1H3. The summed E-state index contributed by atoms with van der Waals surface area (Å²) < 4.78 is 11.4. The summed E-state index contributed by atoms with van der Waals surface area (Å²) >= 11 is 1.80. The van der Waals surface area contributed by atoms with E-state index in [0.29, 0.717) is 11.3 Å². The van der Waals surface area contributed by atoms with Gasteiger partial charge in [-0.2, -0.15) is 11.3 Å². The van der Waals surface area contributed by atoms with Gasteiger partial charge in [0.2, 0.25) is 0 Å². The van der Waals surface area contributed by atoms with Crippen LogP contribution in [0.1, 0.15) is 31.7 Å². The van der Waals surface area contributed by atoms with Gasteiger partial charge in [-0.1, -0.05) is 0 Å². The highest BCUT2D eigenvalue weighted by molar-refractivity contribution is 7.07. The van der Waals surface area contributed by atoms with Crippen LogP contribution in [-0.4, -0.2) is 44.4 Å². The molecule has 0 amide bonds. The van der Waals surface area contributed by atoms with Crippen LogP contribution in [0.2, 0.25) is 0 Å². The Hall–Kier alpha value is -0.420. The third kappa shape index (κ3) is 3.67. The summed E-state index contributed by atoms with van der Waals surface area (Å²) in [5, 5.41) is 4.45. The van der Waals surface area contributed by atoms with Crippen LogP contribution in [0.5, 0.6) is 0 Å². The van der Waals surface area contributed by atoms with Gasteiger partial charge < -0.3 is 9.47 Å². The van der Waals surface area contributed by atoms with E-state index in [-0.39, 0.29) is 0 Å². The van der Waals surface area contributed by atoms with Gasteiger partial charge >= 0.3 is 0 Å². The molecule has 4 heteroatoms. The third-order valence-electron chi connectivity index (χ3n) is 5.29. The summed E-state index contributed by atoms with van der Waals surface area (Å²) in [6, 6.07) is 2.25. The lowest BCUT2D eigenvalue weighted by atomic mass is 9.66. The zero-order valence-corrected chi connectivity index (χ0v) is 13.9. The molecule has 2 saturated heterocycles. The van der Waals surface area contributed by atoms with Crippen molar-refractivity contribution in [3.05, 3.63) is 22.4 Å². The Balaban J connectivity index is 1.56. The molecule has 1 spiro atoms. The number of likely N-dealkylation sites (tertiary alicyclic amines) is 1. The molecule has 0 aliphatic carbocycles. The molecule has 118 valence electrons. The van der Waals surface area contributed by atoms with Gasteiger partial charge in [0.15, 0.2) is 0 Å². The van der Waals surface area contributed by atoms with E-state index in [1.807, 2.05) is 0 Å². The van der Waals surface area contributed by atoms with E-state index in [4.69, 9.17) is 9.47 Å². The van der Waals surface area contributed by atoms with E-state index in [0.717, 1.165) is 33.0 Å². The second-order valence-electron chi connectivity index (χ2n) is 6.45. The van der Waals surface area contributed by atoms with Crippen LogP contribution in [0.3, 0.4) is 0 Å². The van der Waals surface area contributed by atoms with E-state index in [1.54, 1.807) is 11.3 Å². The Morgan fingerprint density at radius 2 is 2.24 bits per heavy atom. The second-order valence-corrected chi connectivity index (χ2v) is 7.23. The molecule has 21 heavy (non-hydrogen) atoms. The zero-order chi connectivity index (χ0) is 14.5. The minimum absolute atomic E-state index is 0.471. The van der Waals surface area contributed by atoms with Gasteiger partial charge in [-0.05, 0) is 67.1 Å². The van der Waals surface area contributed by atoms with Crippen LogP contribution in [0.4, 0.5) is 0 Å². The van der Waals surface area contributed by atoms with Crippen molar-refractivity contribution in [2.75, 3.05) is 39.5 Å². The molecule has 0 radical (unpaired) electrons. The first-order valence-electron chi connectivity index (χ1n) is 8.21. The minimum atomic E-state index is 0.471.